The molecule has 1 fully saturated rings. The normalized spacial score (nSPS) is 14.8. The van der Waals surface area contributed by atoms with Crippen molar-refractivity contribution >= 4 is 17.7 Å². The number of hydrogen-bond acceptors (Lipinski definition) is 6. The van der Waals surface area contributed by atoms with E-state index in [4.69, 9.17) is 14.2 Å². The highest BCUT2D eigenvalue weighted by atomic mass is 16.6. The maximum absolute atomic E-state index is 11.2. The average molecular weight is 396 g/mol. The number of esters is 1. The van der Waals surface area contributed by atoms with Gasteiger partial charge in [-0.25, -0.2) is 0 Å². The van der Waals surface area contributed by atoms with Gasteiger partial charge in [0.2, 0.25) is 0 Å². The van der Waals surface area contributed by atoms with Crippen molar-refractivity contribution in [2.45, 2.75) is 6.92 Å². The summed E-state index contributed by atoms with van der Waals surface area (Å²) in [4.78, 5) is 16.0. The minimum atomic E-state index is -0.362. The van der Waals surface area contributed by atoms with Gasteiger partial charge in [-0.2, -0.15) is 0 Å². The number of rotatable bonds is 7. The van der Waals surface area contributed by atoms with E-state index in [2.05, 4.69) is 28.0 Å². The van der Waals surface area contributed by atoms with E-state index in [1.807, 2.05) is 30.3 Å². The molecule has 3 rings (SSSR count). The summed E-state index contributed by atoms with van der Waals surface area (Å²) in [5.41, 5.74) is 2.16. The zero-order chi connectivity index (χ0) is 20.6. The molecule has 6 heteroatoms. The molecule has 0 saturated carbocycles. The molecular weight excluding hydrogens is 368 g/mol. The minimum Gasteiger partial charge on any atom is -0.495 e. The SMILES string of the molecule is COc1cc(C=CCN2CCN(c3ccccc3OC)CC2)ccc1OC(C)=O. The van der Waals surface area contributed by atoms with Crippen LogP contribution in [-0.2, 0) is 4.79 Å². The van der Waals surface area contributed by atoms with E-state index >= 15 is 0 Å². The number of anilines is 1. The summed E-state index contributed by atoms with van der Waals surface area (Å²) in [7, 11) is 3.28. The summed E-state index contributed by atoms with van der Waals surface area (Å²) < 4.78 is 15.9. The molecule has 1 heterocycles. The Morgan fingerprint density at radius 2 is 1.69 bits per heavy atom. The zero-order valence-corrected chi connectivity index (χ0v) is 17.3. The van der Waals surface area contributed by atoms with Crippen molar-refractivity contribution in [1.82, 2.24) is 4.90 Å². The number of benzene rings is 2. The average Bonchev–Trinajstić information content (AvgIpc) is 2.75. The molecule has 2 aromatic rings. The summed E-state index contributed by atoms with van der Waals surface area (Å²) in [5.74, 6) is 1.54. The van der Waals surface area contributed by atoms with Crippen LogP contribution in [0.2, 0.25) is 0 Å². The van der Waals surface area contributed by atoms with E-state index in [1.165, 1.54) is 6.92 Å². The van der Waals surface area contributed by atoms with Gasteiger partial charge in [0, 0.05) is 39.6 Å². The third-order valence-corrected chi connectivity index (χ3v) is 4.91. The predicted molar refractivity (Wildman–Crippen MR) is 115 cm³/mol. The number of hydrogen-bond donors (Lipinski definition) is 0. The molecule has 6 nitrogen and oxygen atoms in total. The van der Waals surface area contributed by atoms with Crippen molar-refractivity contribution in [2.75, 3.05) is 51.8 Å². The molecule has 1 saturated heterocycles. The molecule has 2 aromatic carbocycles. The Labute approximate surface area is 172 Å². The summed E-state index contributed by atoms with van der Waals surface area (Å²) in [5, 5.41) is 0. The molecule has 0 unspecified atom stereocenters. The number of carbonyl (C=O) groups excluding carboxylic acids is 1. The molecule has 29 heavy (non-hydrogen) atoms. The van der Waals surface area contributed by atoms with Crippen molar-refractivity contribution in [3.63, 3.8) is 0 Å². The standard InChI is InChI=1S/C23H28N2O4/c1-18(26)29-22-11-10-19(17-23(22)28-3)7-6-12-24-13-15-25(16-14-24)20-8-4-5-9-21(20)27-2/h4-11,17H,12-16H2,1-3H3. The highest BCUT2D eigenvalue weighted by molar-refractivity contribution is 5.71. The molecule has 0 spiro atoms. The second kappa shape index (κ2) is 9.98. The van der Waals surface area contributed by atoms with Crippen LogP contribution in [0.4, 0.5) is 5.69 Å². The zero-order valence-electron chi connectivity index (χ0n) is 17.3. The first-order valence-electron chi connectivity index (χ1n) is 9.74. The van der Waals surface area contributed by atoms with Gasteiger partial charge in [-0.05, 0) is 29.8 Å². The molecule has 0 amide bonds. The lowest BCUT2D eigenvalue weighted by molar-refractivity contribution is -0.132. The van der Waals surface area contributed by atoms with E-state index in [1.54, 1.807) is 20.3 Å². The van der Waals surface area contributed by atoms with Crippen LogP contribution in [0.1, 0.15) is 12.5 Å². The molecule has 0 atom stereocenters. The van der Waals surface area contributed by atoms with E-state index in [-0.39, 0.29) is 5.97 Å². The van der Waals surface area contributed by atoms with Crippen LogP contribution in [0.5, 0.6) is 17.2 Å². The Morgan fingerprint density at radius 3 is 2.38 bits per heavy atom. The lowest BCUT2D eigenvalue weighted by Gasteiger charge is -2.36. The molecular formula is C23H28N2O4. The number of nitrogens with zero attached hydrogens (tertiary/aromatic N) is 2. The van der Waals surface area contributed by atoms with Crippen LogP contribution in [-0.4, -0.2) is 57.8 Å². The third-order valence-electron chi connectivity index (χ3n) is 4.91. The van der Waals surface area contributed by atoms with Crippen LogP contribution in [0, 0.1) is 0 Å². The van der Waals surface area contributed by atoms with Crippen molar-refractivity contribution in [3.05, 3.63) is 54.1 Å². The lowest BCUT2D eigenvalue weighted by Crippen LogP contribution is -2.46. The molecule has 1 aliphatic rings. The molecule has 0 aliphatic carbocycles. The number of carbonyl (C=O) groups is 1. The highest BCUT2D eigenvalue weighted by Gasteiger charge is 2.18. The van der Waals surface area contributed by atoms with E-state index in [9.17, 15) is 4.79 Å². The summed E-state index contributed by atoms with van der Waals surface area (Å²) in [6.45, 7) is 6.20. The smallest absolute Gasteiger partial charge is 0.308 e. The molecule has 154 valence electrons. The fraction of sp³-hybridized carbons (Fsp3) is 0.348. The van der Waals surface area contributed by atoms with Crippen molar-refractivity contribution in [3.8, 4) is 17.2 Å². The van der Waals surface area contributed by atoms with Gasteiger partial charge >= 0.3 is 5.97 Å². The maximum atomic E-state index is 11.2. The first kappa shape index (κ1) is 20.7. The van der Waals surface area contributed by atoms with Gasteiger partial charge in [0.15, 0.2) is 11.5 Å². The topological polar surface area (TPSA) is 51.2 Å². The van der Waals surface area contributed by atoms with Gasteiger partial charge in [0.05, 0.1) is 19.9 Å². The van der Waals surface area contributed by atoms with Gasteiger partial charge in [0.1, 0.15) is 5.75 Å². The minimum absolute atomic E-state index is 0.362. The van der Waals surface area contributed by atoms with Crippen molar-refractivity contribution in [2.24, 2.45) is 0 Å². The van der Waals surface area contributed by atoms with Crippen LogP contribution in [0.25, 0.3) is 6.08 Å². The summed E-state index contributed by atoms with van der Waals surface area (Å²) >= 11 is 0. The number of para-hydroxylation sites is 2. The number of methoxy groups -OCH3 is 2. The fourth-order valence-corrected chi connectivity index (χ4v) is 3.43. The summed E-state index contributed by atoms with van der Waals surface area (Å²) in [6, 6.07) is 13.7. The van der Waals surface area contributed by atoms with Gasteiger partial charge in [-0.15, -0.1) is 0 Å². The molecule has 0 bridgehead atoms. The number of ether oxygens (including phenoxy) is 3. The van der Waals surface area contributed by atoms with E-state index in [0.717, 1.165) is 49.7 Å². The van der Waals surface area contributed by atoms with Crippen LogP contribution < -0.4 is 19.1 Å². The van der Waals surface area contributed by atoms with Crippen LogP contribution in [0.3, 0.4) is 0 Å². The van der Waals surface area contributed by atoms with E-state index in [0.29, 0.717) is 11.5 Å². The number of piperazine rings is 1. The van der Waals surface area contributed by atoms with E-state index < -0.39 is 0 Å². The second-order valence-electron chi connectivity index (χ2n) is 6.87. The largest absolute Gasteiger partial charge is 0.495 e. The molecule has 0 N–H and O–H groups in total. The second-order valence-corrected chi connectivity index (χ2v) is 6.87. The molecule has 1 aliphatic heterocycles. The summed E-state index contributed by atoms with van der Waals surface area (Å²) in [6.07, 6.45) is 4.21. The van der Waals surface area contributed by atoms with Gasteiger partial charge in [-0.1, -0.05) is 30.4 Å². The van der Waals surface area contributed by atoms with Gasteiger partial charge in [-0.3, -0.25) is 9.69 Å². The monoisotopic (exact) mass is 396 g/mol. The van der Waals surface area contributed by atoms with Crippen molar-refractivity contribution < 1.29 is 19.0 Å². The highest BCUT2D eigenvalue weighted by Crippen LogP contribution is 2.29. The molecule has 0 aromatic heterocycles. The predicted octanol–water partition coefficient (Wildman–Crippen LogP) is 3.46. The maximum Gasteiger partial charge on any atom is 0.308 e. The quantitative estimate of drug-likeness (QED) is 0.528. The Bertz CT molecular complexity index is 858. The fourth-order valence-electron chi connectivity index (χ4n) is 3.43. The Morgan fingerprint density at radius 1 is 0.966 bits per heavy atom. The lowest BCUT2D eigenvalue weighted by atomic mass is 10.2. The Balaban J connectivity index is 1.54. The Hall–Kier alpha value is -2.99. The Kier molecular flexibility index (Phi) is 7.14. The van der Waals surface area contributed by atoms with Crippen molar-refractivity contribution in [1.29, 1.82) is 0 Å². The molecule has 0 radical (unpaired) electrons. The van der Waals surface area contributed by atoms with Crippen LogP contribution in [0.15, 0.2) is 48.5 Å². The third kappa shape index (κ3) is 5.51. The first-order chi connectivity index (χ1) is 14.1. The first-order valence-corrected chi connectivity index (χ1v) is 9.74. The van der Waals surface area contributed by atoms with Crippen LogP contribution >= 0.6 is 0 Å². The van der Waals surface area contributed by atoms with Gasteiger partial charge in [0.25, 0.3) is 0 Å². The van der Waals surface area contributed by atoms with Gasteiger partial charge < -0.3 is 19.1 Å².